The number of carbonyl (C=O) groups excluding carboxylic acids is 1. The first kappa shape index (κ1) is 19.9. The van der Waals surface area contributed by atoms with Crippen molar-refractivity contribution in [2.24, 2.45) is 0 Å². The molecule has 0 aliphatic heterocycles. The SMILES string of the molecule is CN(CC(=O)c1cccc(Cc2ccccc2)c1)Cc1ccccc1.Cl. The zero-order chi connectivity index (χ0) is 17.5. The summed E-state index contributed by atoms with van der Waals surface area (Å²) in [5.41, 5.74) is 4.43. The molecule has 0 aliphatic rings. The third-order valence-corrected chi connectivity index (χ3v) is 4.21. The smallest absolute Gasteiger partial charge is 0.176 e. The minimum absolute atomic E-state index is 0. The van der Waals surface area contributed by atoms with Gasteiger partial charge >= 0.3 is 0 Å². The highest BCUT2D eigenvalue weighted by Crippen LogP contribution is 2.13. The molecule has 0 amide bonds. The van der Waals surface area contributed by atoms with Crippen molar-refractivity contribution in [1.82, 2.24) is 4.90 Å². The fourth-order valence-corrected chi connectivity index (χ4v) is 2.97. The van der Waals surface area contributed by atoms with Gasteiger partial charge in [0, 0.05) is 12.1 Å². The molecule has 0 aliphatic carbocycles. The van der Waals surface area contributed by atoms with Crippen LogP contribution in [0.25, 0.3) is 0 Å². The zero-order valence-electron chi connectivity index (χ0n) is 15.0. The van der Waals surface area contributed by atoms with E-state index in [1.807, 2.05) is 61.6 Å². The van der Waals surface area contributed by atoms with E-state index in [9.17, 15) is 4.79 Å². The maximum absolute atomic E-state index is 12.6. The molecule has 0 heterocycles. The van der Waals surface area contributed by atoms with Gasteiger partial charge in [-0.3, -0.25) is 9.69 Å². The number of rotatable bonds is 7. The first-order valence-corrected chi connectivity index (χ1v) is 8.59. The minimum atomic E-state index is 0. The van der Waals surface area contributed by atoms with Gasteiger partial charge in [-0.15, -0.1) is 12.4 Å². The summed E-state index contributed by atoms with van der Waals surface area (Å²) in [5, 5.41) is 0. The summed E-state index contributed by atoms with van der Waals surface area (Å²) >= 11 is 0. The van der Waals surface area contributed by atoms with Gasteiger partial charge in [0.25, 0.3) is 0 Å². The summed E-state index contributed by atoms with van der Waals surface area (Å²) in [4.78, 5) is 14.7. The van der Waals surface area contributed by atoms with Crippen molar-refractivity contribution >= 4 is 18.2 Å². The van der Waals surface area contributed by atoms with Crippen LogP contribution >= 0.6 is 12.4 Å². The van der Waals surface area contributed by atoms with E-state index in [0.717, 1.165) is 18.5 Å². The lowest BCUT2D eigenvalue weighted by atomic mass is 10.0. The molecule has 26 heavy (non-hydrogen) atoms. The lowest BCUT2D eigenvalue weighted by Crippen LogP contribution is -2.25. The van der Waals surface area contributed by atoms with Gasteiger partial charge in [-0.2, -0.15) is 0 Å². The van der Waals surface area contributed by atoms with Crippen LogP contribution in [0.4, 0.5) is 0 Å². The predicted octanol–water partition coefficient (Wildman–Crippen LogP) is 5.01. The topological polar surface area (TPSA) is 20.3 Å². The number of Topliss-reactive ketones (excluding diaryl/α,β-unsaturated/α-hetero) is 1. The second kappa shape index (κ2) is 9.91. The lowest BCUT2D eigenvalue weighted by molar-refractivity contribution is 0.0943. The van der Waals surface area contributed by atoms with Crippen LogP contribution in [0.3, 0.4) is 0 Å². The van der Waals surface area contributed by atoms with Crippen molar-refractivity contribution in [2.45, 2.75) is 13.0 Å². The molecule has 0 unspecified atom stereocenters. The van der Waals surface area contributed by atoms with Crippen molar-refractivity contribution in [3.05, 3.63) is 107 Å². The summed E-state index contributed by atoms with van der Waals surface area (Å²) < 4.78 is 0. The highest BCUT2D eigenvalue weighted by molar-refractivity contribution is 5.97. The maximum atomic E-state index is 12.6. The molecule has 0 spiro atoms. The minimum Gasteiger partial charge on any atom is -0.295 e. The van der Waals surface area contributed by atoms with Crippen LogP contribution in [0.15, 0.2) is 84.9 Å². The van der Waals surface area contributed by atoms with Crippen LogP contribution < -0.4 is 0 Å². The van der Waals surface area contributed by atoms with Crippen molar-refractivity contribution in [3.63, 3.8) is 0 Å². The Hall–Kier alpha value is -2.42. The van der Waals surface area contributed by atoms with Crippen LogP contribution in [0, 0.1) is 0 Å². The highest BCUT2D eigenvalue weighted by Gasteiger charge is 2.10. The van der Waals surface area contributed by atoms with E-state index in [0.29, 0.717) is 6.54 Å². The fraction of sp³-hybridized carbons (Fsp3) is 0.174. The van der Waals surface area contributed by atoms with E-state index >= 15 is 0 Å². The quantitative estimate of drug-likeness (QED) is 0.548. The maximum Gasteiger partial charge on any atom is 0.176 e. The number of nitrogens with zero attached hydrogens (tertiary/aromatic N) is 1. The van der Waals surface area contributed by atoms with Crippen molar-refractivity contribution in [1.29, 1.82) is 0 Å². The van der Waals surface area contributed by atoms with Gasteiger partial charge in [0.1, 0.15) is 0 Å². The number of hydrogen-bond acceptors (Lipinski definition) is 2. The molecule has 134 valence electrons. The third-order valence-electron chi connectivity index (χ3n) is 4.21. The number of likely N-dealkylation sites (N-methyl/N-ethyl adjacent to an activating group) is 1. The highest BCUT2D eigenvalue weighted by atomic mass is 35.5. The number of benzene rings is 3. The summed E-state index contributed by atoms with van der Waals surface area (Å²) in [6, 6.07) is 28.5. The summed E-state index contributed by atoms with van der Waals surface area (Å²) in [6.07, 6.45) is 0.849. The molecule has 0 fully saturated rings. The number of carbonyl (C=O) groups is 1. The van der Waals surface area contributed by atoms with E-state index in [-0.39, 0.29) is 18.2 Å². The Labute approximate surface area is 161 Å². The molecular weight excluding hydrogens is 342 g/mol. The molecule has 0 saturated carbocycles. The molecular formula is C23H24ClNO. The summed E-state index contributed by atoms with van der Waals surface area (Å²) in [6.45, 7) is 1.19. The number of halogens is 1. The summed E-state index contributed by atoms with van der Waals surface area (Å²) in [7, 11) is 1.98. The molecule has 0 N–H and O–H groups in total. The molecule has 0 bridgehead atoms. The van der Waals surface area contributed by atoms with E-state index in [4.69, 9.17) is 0 Å². The Balaban J connectivity index is 0.00000243. The average molecular weight is 366 g/mol. The zero-order valence-corrected chi connectivity index (χ0v) is 15.8. The molecule has 0 aromatic heterocycles. The standard InChI is InChI=1S/C23H23NO.ClH/c1-24(17-20-11-6-3-7-12-20)18-23(25)22-14-8-13-21(16-22)15-19-9-4-2-5-10-19;/h2-14,16H,15,17-18H2,1H3;1H. The molecule has 2 nitrogen and oxygen atoms in total. The summed E-state index contributed by atoms with van der Waals surface area (Å²) in [5.74, 6) is 0.161. The molecule has 3 rings (SSSR count). The van der Waals surface area contributed by atoms with Gasteiger partial charge < -0.3 is 0 Å². The fourth-order valence-electron chi connectivity index (χ4n) is 2.97. The van der Waals surface area contributed by atoms with Gasteiger partial charge in [0.05, 0.1) is 6.54 Å². The number of ketones is 1. The first-order chi connectivity index (χ1) is 12.2. The Morgan fingerprint density at radius 3 is 2.00 bits per heavy atom. The van der Waals surface area contributed by atoms with Crippen LogP contribution in [-0.2, 0) is 13.0 Å². The Kier molecular flexibility index (Phi) is 7.58. The van der Waals surface area contributed by atoms with Crippen LogP contribution in [0.5, 0.6) is 0 Å². The third kappa shape index (κ3) is 5.83. The van der Waals surface area contributed by atoms with Crippen molar-refractivity contribution < 1.29 is 4.79 Å². The van der Waals surface area contributed by atoms with E-state index in [2.05, 4.69) is 35.2 Å². The van der Waals surface area contributed by atoms with Crippen molar-refractivity contribution in [2.75, 3.05) is 13.6 Å². The molecule has 0 saturated heterocycles. The first-order valence-electron chi connectivity index (χ1n) is 8.59. The molecule has 0 atom stereocenters. The second-order valence-electron chi connectivity index (χ2n) is 6.44. The van der Waals surface area contributed by atoms with Gasteiger partial charge in [-0.1, -0.05) is 78.9 Å². The average Bonchev–Trinajstić information content (AvgIpc) is 2.63. The number of hydrogen-bond donors (Lipinski definition) is 0. The lowest BCUT2D eigenvalue weighted by Gasteiger charge is -2.16. The predicted molar refractivity (Wildman–Crippen MR) is 110 cm³/mol. The van der Waals surface area contributed by atoms with E-state index < -0.39 is 0 Å². The van der Waals surface area contributed by atoms with Gasteiger partial charge in [0.2, 0.25) is 0 Å². The Bertz CT molecular complexity index is 818. The molecule has 3 aromatic carbocycles. The Morgan fingerprint density at radius 1 is 0.769 bits per heavy atom. The largest absolute Gasteiger partial charge is 0.295 e. The Morgan fingerprint density at radius 2 is 1.35 bits per heavy atom. The molecule has 3 aromatic rings. The van der Waals surface area contributed by atoms with Crippen molar-refractivity contribution in [3.8, 4) is 0 Å². The van der Waals surface area contributed by atoms with Gasteiger partial charge in [0.15, 0.2) is 5.78 Å². The second-order valence-corrected chi connectivity index (χ2v) is 6.44. The van der Waals surface area contributed by atoms with Crippen LogP contribution in [0.2, 0.25) is 0 Å². The van der Waals surface area contributed by atoms with E-state index in [1.54, 1.807) is 0 Å². The monoisotopic (exact) mass is 365 g/mol. The van der Waals surface area contributed by atoms with Crippen LogP contribution in [-0.4, -0.2) is 24.3 Å². The van der Waals surface area contributed by atoms with Crippen LogP contribution in [0.1, 0.15) is 27.0 Å². The van der Waals surface area contributed by atoms with E-state index in [1.165, 1.54) is 16.7 Å². The molecule has 0 radical (unpaired) electrons. The van der Waals surface area contributed by atoms with Gasteiger partial charge in [-0.05, 0) is 36.2 Å². The van der Waals surface area contributed by atoms with Gasteiger partial charge in [-0.25, -0.2) is 0 Å². The normalized spacial score (nSPS) is 10.4. The molecule has 3 heteroatoms.